The van der Waals surface area contributed by atoms with Crippen molar-refractivity contribution in [2.24, 2.45) is 0 Å². The molecule has 1 aromatic rings. The van der Waals surface area contributed by atoms with E-state index in [1.165, 1.54) is 19.2 Å². The number of hydrogen-bond donors (Lipinski definition) is 2. The molecule has 2 N–H and O–H groups in total. The first-order valence-electron chi connectivity index (χ1n) is 7.90. The van der Waals surface area contributed by atoms with Gasteiger partial charge in [-0.15, -0.1) is 0 Å². The van der Waals surface area contributed by atoms with Crippen LogP contribution in [0, 0.1) is 0 Å². The fourth-order valence-corrected chi connectivity index (χ4v) is 2.61. The molecule has 0 radical (unpaired) electrons. The maximum absolute atomic E-state index is 12.6. The summed E-state index contributed by atoms with van der Waals surface area (Å²) in [5.41, 5.74) is -1.75. The summed E-state index contributed by atoms with van der Waals surface area (Å²) in [7, 11) is 1.33. The first-order chi connectivity index (χ1) is 12.2. The molecule has 9 heteroatoms. The molecule has 0 fully saturated rings. The molecule has 0 heterocycles. The first kappa shape index (κ1) is 21.6. The molecule has 144 valence electrons. The van der Waals surface area contributed by atoms with E-state index in [2.05, 4.69) is 5.32 Å². The lowest BCUT2D eigenvalue weighted by Crippen LogP contribution is -2.62. The fourth-order valence-electron chi connectivity index (χ4n) is 2.37. The van der Waals surface area contributed by atoms with Crippen LogP contribution in [0.5, 0.6) is 11.5 Å². The Kier molecular flexibility index (Phi) is 7.70. The molecule has 0 aliphatic rings. The summed E-state index contributed by atoms with van der Waals surface area (Å²) in [4.78, 5) is 36.8. The van der Waals surface area contributed by atoms with E-state index in [0.717, 1.165) is 6.92 Å². The number of rotatable bonds is 8. The lowest BCUT2D eigenvalue weighted by molar-refractivity contribution is -0.168. The highest BCUT2D eigenvalue weighted by atomic mass is 35.5. The smallest absolute Gasteiger partial charge is 0.344 e. The Morgan fingerprint density at radius 2 is 1.69 bits per heavy atom. The Labute approximate surface area is 156 Å². The number of carbonyl (C=O) groups excluding carboxylic acids is 3. The number of esters is 2. The lowest BCUT2D eigenvalue weighted by atomic mass is 9.90. The molecule has 1 rings (SSSR count). The topological polar surface area (TPSA) is 111 Å². The van der Waals surface area contributed by atoms with Gasteiger partial charge in [0.1, 0.15) is 0 Å². The van der Waals surface area contributed by atoms with Crippen LogP contribution in [0.2, 0.25) is 5.02 Å². The van der Waals surface area contributed by atoms with Crippen LogP contribution in [0.3, 0.4) is 0 Å². The monoisotopic (exact) mass is 387 g/mol. The van der Waals surface area contributed by atoms with Crippen molar-refractivity contribution in [2.45, 2.75) is 32.7 Å². The van der Waals surface area contributed by atoms with Crippen LogP contribution < -0.4 is 10.1 Å². The Morgan fingerprint density at radius 1 is 1.15 bits per heavy atom. The number of ether oxygens (including phenoxy) is 3. The average Bonchev–Trinajstić information content (AvgIpc) is 2.57. The molecule has 0 aliphatic carbocycles. The summed E-state index contributed by atoms with van der Waals surface area (Å²) in [6.07, 6.45) is -0.305. The van der Waals surface area contributed by atoms with Crippen LogP contribution in [0.25, 0.3) is 0 Å². The van der Waals surface area contributed by atoms with E-state index < -0.39 is 23.4 Å². The van der Waals surface area contributed by atoms with E-state index in [4.69, 9.17) is 25.8 Å². The predicted molar refractivity (Wildman–Crippen MR) is 93.2 cm³/mol. The minimum absolute atomic E-state index is 0.000766. The molecular formula is C17H22ClNO7. The second-order valence-corrected chi connectivity index (χ2v) is 5.74. The number of phenols is 1. The third-order valence-electron chi connectivity index (χ3n) is 3.41. The largest absolute Gasteiger partial charge is 0.503 e. The third-order valence-corrected chi connectivity index (χ3v) is 3.70. The molecular weight excluding hydrogens is 366 g/mol. The van der Waals surface area contributed by atoms with Gasteiger partial charge >= 0.3 is 11.9 Å². The quantitative estimate of drug-likeness (QED) is 0.514. The molecule has 0 spiro atoms. The summed E-state index contributed by atoms with van der Waals surface area (Å²) >= 11 is 5.96. The van der Waals surface area contributed by atoms with Crippen LogP contribution in [0.4, 0.5) is 0 Å². The van der Waals surface area contributed by atoms with Crippen LogP contribution in [0.1, 0.15) is 26.3 Å². The minimum atomic E-state index is -2.09. The molecule has 8 nitrogen and oxygen atoms in total. The lowest BCUT2D eigenvalue weighted by Gasteiger charge is -2.30. The van der Waals surface area contributed by atoms with Gasteiger partial charge in [-0.3, -0.25) is 4.79 Å². The number of halogens is 1. The van der Waals surface area contributed by atoms with Crippen LogP contribution in [0.15, 0.2) is 12.1 Å². The molecule has 1 amide bonds. The molecule has 0 aliphatic heterocycles. The van der Waals surface area contributed by atoms with Crippen molar-refractivity contribution >= 4 is 29.4 Å². The van der Waals surface area contributed by atoms with Crippen molar-refractivity contribution in [3.63, 3.8) is 0 Å². The van der Waals surface area contributed by atoms with E-state index in [-0.39, 0.29) is 36.2 Å². The standard InChI is InChI=1S/C17H22ClNO7/c1-5-25-15(22)17(19-10(3)20,16(23)26-6-2)9-11-7-12(18)14(21)13(8-11)24-4/h7-8,21H,5-6,9H2,1-4H3,(H,19,20). The zero-order valence-electron chi connectivity index (χ0n) is 15.1. The zero-order chi connectivity index (χ0) is 19.9. The molecule has 0 saturated heterocycles. The van der Waals surface area contributed by atoms with E-state index in [1.807, 2.05) is 0 Å². The summed E-state index contributed by atoms with van der Waals surface area (Å²) in [6.45, 7) is 4.31. The van der Waals surface area contributed by atoms with E-state index in [1.54, 1.807) is 13.8 Å². The van der Waals surface area contributed by atoms with Gasteiger partial charge in [0.25, 0.3) is 0 Å². The summed E-state index contributed by atoms with van der Waals surface area (Å²) in [6, 6.07) is 2.75. The Morgan fingerprint density at radius 3 is 2.12 bits per heavy atom. The maximum Gasteiger partial charge on any atom is 0.344 e. The number of hydrogen-bond acceptors (Lipinski definition) is 7. The van der Waals surface area contributed by atoms with Crippen molar-refractivity contribution in [2.75, 3.05) is 20.3 Å². The fraction of sp³-hybridized carbons (Fsp3) is 0.471. The maximum atomic E-state index is 12.6. The van der Waals surface area contributed by atoms with Gasteiger partial charge in [0.15, 0.2) is 11.5 Å². The molecule has 0 atom stereocenters. The van der Waals surface area contributed by atoms with E-state index >= 15 is 0 Å². The normalized spacial score (nSPS) is 10.8. The van der Waals surface area contributed by atoms with E-state index in [0.29, 0.717) is 5.56 Å². The highest BCUT2D eigenvalue weighted by Gasteiger charge is 2.50. The molecule has 0 unspecified atom stereocenters. The van der Waals surface area contributed by atoms with Gasteiger partial charge in [-0.1, -0.05) is 11.6 Å². The van der Waals surface area contributed by atoms with Crippen LogP contribution in [-0.2, 0) is 30.3 Å². The van der Waals surface area contributed by atoms with Crippen molar-refractivity contribution < 1.29 is 33.7 Å². The van der Waals surface area contributed by atoms with E-state index in [9.17, 15) is 19.5 Å². The second-order valence-electron chi connectivity index (χ2n) is 5.33. The van der Waals surface area contributed by atoms with Crippen molar-refractivity contribution in [3.8, 4) is 11.5 Å². The summed E-state index contributed by atoms with van der Waals surface area (Å²) in [5.74, 6) is -2.77. The number of carbonyl (C=O) groups is 3. The second kappa shape index (κ2) is 9.28. The number of benzene rings is 1. The number of methoxy groups -OCH3 is 1. The SMILES string of the molecule is CCOC(=O)C(Cc1cc(Cl)c(O)c(OC)c1)(NC(C)=O)C(=O)OCC. The van der Waals surface area contributed by atoms with Gasteiger partial charge in [-0.25, -0.2) is 9.59 Å². The Balaban J connectivity index is 3.47. The highest BCUT2D eigenvalue weighted by Crippen LogP contribution is 2.36. The van der Waals surface area contributed by atoms with Gasteiger partial charge in [0.2, 0.25) is 11.4 Å². The number of aromatic hydroxyl groups is 1. The summed E-state index contributed by atoms with van der Waals surface area (Å²) < 4.78 is 15.0. The number of phenolic OH excluding ortho intramolecular Hbond substituents is 1. The van der Waals surface area contributed by atoms with Gasteiger partial charge < -0.3 is 24.6 Å². The summed E-state index contributed by atoms with van der Waals surface area (Å²) in [5, 5.41) is 12.2. The molecule has 0 saturated carbocycles. The molecule has 26 heavy (non-hydrogen) atoms. The minimum Gasteiger partial charge on any atom is -0.503 e. The average molecular weight is 388 g/mol. The van der Waals surface area contributed by atoms with Crippen LogP contribution in [-0.4, -0.2) is 48.8 Å². The van der Waals surface area contributed by atoms with Crippen molar-refractivity contribution in [3.05, 3.63) is 22.7 Å². The van der Waals surface area contributed by atoms with Crippen LogP contribution >= 0.6 is 11.6 Å². The van der Waals surface area contributed by atoms with Crippen molar-refractivity contribution in [1.82, 2.24) is 5.32 Å². The Hall–Kier alpha value is -2.48. The highest BCUT2D eigenvalue weighted by molar-refractivity contribution is 6.32. The molecule has 1 aromatic carbocycles. The molecule has 0 bridgehead atoms. The zero-order valence-corrected chi connectivity index (χ0v) is 15.8. The van der Waals surface area contributed by atoms with Gasteiger partial charge in [0, 0.05) is 13.3 Å². The van der Waals surface area contributed by atoms with Crippen molar-refractivity contribution in [1.29, 1.82) is 0 Å². The number of nitrogens with one attached hydrogen (secondary N) is 1. The number of amides is 1. The van der Waals surface area contributed by atoms with Gasteiger partial charge in [-0.2, -0.15) is 0 Å². The predicted octanol–water partition coefficient (Wildman–Crippen LogP) is 1.60. The van der Waals surface area contributed by atoms with Gasteiger partial charge in [0.05, 0.1) is 25.3 Å². The Bertz CT molecular complexity index is 672. The molecule has 0 aromatic heterocycles. The third kappa shape index (κ3) is 4.78. The first-order valence-corrected chi connectivity index (χ1v) is 8.28. The van der Waals surface area contributed by atoms with Gasteiger partial charge in [-0.05, 0) is 31.5 Å².